The van der Waals surface area contributed by atoms with Gasteiger partial charge in [-0.1, -0.05) is 55.5 Å². The van der Waals surface area contributed by atoms with Crippen LogP contribution in [-0.4, -0.2) is 35.4 Å². The summed E-state index contributed by atoms with van der Waals surface area (Å²) in [4.78, 5) is 40.6. The third kappa shape index (κ3) is 3.30. The van der Waals surface area contributed by atoms with Crippen molar-refractivity contribution in [1.29, 1.82) is 0 Å². The van der Waals surface area contributed by atoms with Crippen LogP contribution < -0.4 is 15.6 Å². The number of rotatable bonds is 5. The zero-order chi connectivity index (χ0) is 21.3. The maximum absolute atomic E-state index is 13.2. The lowest BCUT2D eigenvalue weighted by Crippen LogP contribution is -2.52. The van der Waals surface area contributed by atoms with Crippen molar-refractivity contribution in [2.75, 3.05) is 11.4 Å². The van der Waals surface area contributed by atoms with Crippen LogP contribution in [-0.2, 0) is 21.5 Å². The highest BCUT2D eigenvalue weighted by Gasteiger charge is 2.52. The number of benzene rings is 2. The highest BCUT2D eigenvalue weighted by atomic mass is 16.2. The smallest absolute Gasteiger partial charge is 0.344 e. The molecule has 0 unspecified atom stereocenters. The number of hydrazine groups is 1. The molecule has 7 heteroatoms. The number of para-hydroxylation sites is 1. The van der Waals surface area contributed by atoms with Gasteiger partial charge in [-0.05, 0) is 43.4 Å². The molecule has 30 heavy (non-hydrogen) atoms. The molecular formula is C23H26N4O3. The Kier molecular flexibility index (Phi) is 5.20. The monoisotopic (exact) mass is 406 g/mol. The zero-order valence-electron chi connectivity index (χ0n) is 17.2. The first kappa shape index (κ1) is 19.9. The number of carbonyl (C=O) groups excluding carboxylic acids is 3. The number of imide groups is 1. The van der Waals surface area contributed by atoms with Gasteiger partial charge in [-0.25, -0.2) is 4.79 Å². The Bertz CT molecular complexity index is 977. The normalized spacial score (nSPS) is 23.2. The molecule has 4 amide bonds. The number of nitrogens with zero attached hydrogens (tertiary/aromatic N) is 2. The van der Waals surface area contributed by atoms with Crippen LogP contribution in [0, 0.1) is 0 Å². The van der Waals surface area contributed by atoms with Crippen molar-refractivity contribution < 1.29 is 14.4 Å². The summed E-state index contributed by atoms with van der Waals surface area (Å²) in [6.45, 7) is 3.98. The minimum absolute atomic E-state index is 0.0691. The van der Waals surface area contributed by atoms with Crippen LogP contribution in [0.5, 0.6) is 0 Å². The third-order valence-corrected chi connectivity index (χ3v) is 6.10. The minimum atomic E-state index is -1.17. The minimum Gasteiger partial charge on any atom is -0.359 e. The molecule has 2 aliphatic heterocycles. The first-order valence-corrected chi connectivity index (χ1v) is 10.3. The van der Waals surface area contributed by atoms with Crippen molar-refractivity contribution in [3.63, 3.8) is 0 Å². The van der Waals surface area contributed by atoms with Gasteiger partial charge < -0.3 is 10.2 Å². The second-order valence-corrected chi connectivity index (χ2v) is 7.87. The van der Waals surface area contributed by atoms with Gasteiger partial charge in [-0.3, -0.25) is 15.0 Å². The van der Waals surface area contributed by atoms with Gasteiger partial charge in [0, 0.05) is 11.7 Å². The number of nitrogens with one attached hydrogen (secondary N) is 2. The van der Waals surface area contributed by atoms with Crippen molar-refractivity contribution in [2.45, 2.75) is 44.7 Å². The van der Waals surface area contributed by atoms with Crippen molar-refractivity contribution in [1.82, 2.24) is 15.8 Å². The molecule has 2 aromatic carbocycles. The van der Waals surface area contributed by atoms with E-state index in [0.717, 1.165) is 23.5 Å². The van der Waals surface area contributed by atoms with Crippen LogP contribution in [0.2, 0.25) is 0 Å². The fourth-order valence-electron chi connectivity index (χ4n) is 4.35. The fraction of sp³-hybridized carbons (Fsp3) is 0.348. The molecule has 0 bridgehead atoms. The molecule has 1 saturated heterocycles. The van der Waals surface area contributed by atoms with Crippen molar-refractivity contribution in [3.05, 3.63) is 65.7 Å². The second kappa shape index (κ2) is 7.82. The van der Waals surface area contributed by atoms with E-state index < -0.39 is 23.4 Å². The number of carbonyl (C=O) groups is 3. The van der Waals surface area contributed by atoms with Crippen molar-refractivity contribution >= 4 is 23.5 Å². The van der Waals surface area contributed by atoms with Crippen LogP contribution >= 0.6 is 0 Å². The van der Waals surface area contributed by atoms with Gasteiger partial charge in [0.15, 0.2) is 0 Å². The summed E-state index contributed by atoms with van der Waals surface area (Å²) in [5, 5.41) is 3.59. The maximum atomic E-state index is 13.2. The summed E-state index contributed by atoms with van der Waals surface area (Å²) in [5.74, 6) is -0.872. The molecule has 0 saturated carbocycles. The summed E-state index contributed by atoms with van der Waals surface area (Å²) in [6, 6.07) is 16.7. The van der Waals surface area contributed by atoms with E-state index >= 15 is 0 Å². The summed E-state index contributed by atoms with van der Waals surface area (Å²) in [7, 11) is 0. The average Bonchev–Trinajstić information content (AvgIpc) is 3.01. The Hall–Kier alpha value is -3.35. The molecule has 2 aliphatic rings. The van der Waals surface area contributed by atoms with Gasteiger partial charge in [0.05, 0.1) is 6.54 Å². The lowest BCUT2D eigenvalue weighted by molar-refractivity contribution is -0.139. The number of urea groups is 1. The maximum Gasteiger partial charge on any atom is 0.344 e. The Morgan fingerprint density at radius 3 is 2.57 bits per heavy atom. The molecule has 156 valence electrons. The number of anilines is 1. The second-order valence-electron chi connectivity index (χ2n) is 7.87. The molecule has 2 N–H and O–H groups in total. The number of fused-ring (bicyclic) bond motifs is 1. The van der Waals surface area contributed by atoms with Crippen molar-refractivity contribution in [2.24, 2.45) is 0 Å². The number of aryl methyl sites for hydroxylation is 1. The molecule has 0 aromatic heterocycles. The number of hydrogen-bond acceptors (Lipinski definition) is 4. The molecule has 2 aromatic rings. The average molecular weight is 406 g/mol. The Morgan fingerprint density at radius 1 is 1.13 bits per heavy atom. The predicted octanol–water partition coefficient (Wildman–Crippen LogP) is 2.72. The molecule has 1 fully saturated rings. The summed E-state index contributed by atoms with van der Waals surface area (Å²) in [6.07, 6.45) is 2.30. The zero-order valence-corrected chi connectivity index (χ0v) is 17.2. The first-order valence-electron chi connectivity index (χ1n) is 10.3. The predicted molar refractivity (Wildman–Crippen MR) is 114 cm³/mol. The van der Waals surface area contributed by atoms with E-state index in [1.54, 1.807) is 12.1 Å². The van der Waals surface area contributed by atoms with E-state index in [9.17, 15) is 14.4 Å². The molecule has 7 nitrogen and oxygen atoms in total. The van der Waals surface area contributed by atoms with E-state index in [1.807, 2.05) is 48.2 Å². The van der Waals surface area contributed by atoms with Gasteiger partial charge in [-0.2, -0.15) is 5.01 Å². The van der Waals surface area contributed by atoms with Crippen LogP contribution in [0.3, 0.4) is 0 Å². The Morgan fingerprint density at radius 2 is 1.83 bits per heavy atom. The van der Waals surface area contributed by atoms with Gasteiger partial charge in [-0.15, -0.1) is 0 Å². The largest absolute Gasteiger partial charge is 0.359 e. The van der Waals surface area contributed by atoms with Gasteiger partial charge >= 0.3 is 6.03 Å². The summed E-state index contributed by atoms with van der Waals surface area (Å²) in [5.41, 5.74) is 4.28. The lowest BCUT2D eigenvalue weighted by Gasteiger charge is -2.36. The Labute approximate surface area is 176 Å². The Balaban J connectivity index is 1.51. The molecular weight excluding hydrogens is 380 g/mol. The molecule has 0 spiro atoms. The number of amides is 4. The summed E-state index contributed by atoms with van der Waals surface area (Å²) >= 11 is 0. The first-order chi connectivity index (χ1) is 14.5. The van der Waals surface area contributed by atoms with Crippen LogP contribution in [0.15, 0.2) is 54.6 Å². The van der Waals surface area contributed by atoms with Crippen LogP contribution in [0.1, 0.15) is 37.8 Å². The van der Waals surface area contributed by atoms with E-state index in [4.69, 9.17) is 0 Å². The van der Waals surface area contributed by atoms with Crippen molar-refractivity contribution in [3.8, 4) is 0 Å². The highest BCUT2D eigenvalue weighted by Crippen LogP contribution is 2.32. The fourth-order valence-corrected chi connectivity index (χ4v) is 4.35. The third-order valence-electron chi connectivity index (χ3n) is 6.10. The molecule has 4 rings (SSSR count). The van der Waals surface area contributed by atoms with E-state index in [1.165, 1.54) is 5.56 Å². The standard InChI is InChI=1S/C23H26N4O3/c1-3-23(18-10-5-4-6-11-18)21(29)27(22(30)24-23)25-20(28)15-26-16(2)13-14-17-9-7-8-12-19(17)26/h4-12,16H,3,13-15H2,1-2H3,(H,24,30)(H,25,28)/t16-,23-/m1/s1. The van der Waals surface area contributed by atoms with Gasteiger partial charge in [0.2, 0.25) is 0 Å². The highest BCUT2D eigenvalue weighted by molar-refractivity contribution is 6.08. The summed E-state index contributed by atoms with van der Waals surface area (Å²) < 4.78 is 0. The molecule has 2 atom stereocenters. The molecule has 0 aliphatic carbocycles. The SMILES string of the molecule is CC[C@]1(c2ccccc2)NC(=O)N(NC(=O)CN2c3ccccc3CC[C@H]2C)C1=O. The van der Waals surface area contributed by atoms with Crippen LogP contribution in [0.25, 0.3) is 0 Å². The topological polar surface area (TPSA) is 81.8 Å². The number of hydrogen-bond donors (Lipinski definition) is 2. The quantitative estimate of drug-likeness (QED) is 0.748. The van der Waals surface area contributed by atoms with Gasteiger partial charge in [0.25, 0.3) is 11.8 Å². The van der Waals surface area contributed by atoms with E-state index in [2.05, 4.69) is 23.7 Å². The molecule has 2 heterocycles. The lowest BCUT2D eigenvalue weighted by atomic mass is 9.87. The van der Waals surface area contributed by atoms with Crippen LogP contribution in [0.4, 0.5) is 10.5 Å². The van der Waals surface area contributed by atoms with E-state index in [0.29, 0.717) is 12.0 Å². The molecule has 0 radical (unpaired) electrons. The van der Waals surface area contributed by atoms with Gasteiger partial charge in [0.1, 0.15) is 5.54 Å². The van der Waals surface area contributed by atoms with E-state index in [-0.39, 0.29) is 12.6 Å².